The van der Waals surface area contributed by atoms with Crippen LogP contribution < -0.4 is 14.2 Å². The zero-order valence-corrected chi connectivity index (χ0v) is 18.2. The Kier molecular flexibility index (Phi) is 5.60. The molecule has 0 fully saturated rings. The third kappa shape index (κ3) is 4.36. The highest BCUT2D eigenvalue weighted by Crippen LogP contribution is 2.34. The number of hydrogen-bond acceptors (Lipinski definition) is 7. The molecule has 5 rings (SSSR count). The van der Waals surface area contributed by atoms with E-state index in [-0.39, 0.29) is 0 Å². The topological polar surface area (TPSA) is 74.0 Å². The second-order valence-corrected chi connectivity index (χ2v) is 7.90. The molecule has 1 aliphatic rings. The third-order valence-electron chi connectivity index (χ3n) is 5.19. The smallest absolute Gasteiger partial charge is 0.213 e. The van der Waals surface area contributed by atoms with Crippen molar-refractivity contribution in [1.82, 2.24) is 24.5 Å². The van der Waals surface area contributed by atoms with Gasteiger partial charge in [0, 0.05) is 30.8 Å². The molecule has 0 atom stereocenters. The monoisotopic (exact) mass is 431 g/mol. The van der Waals surface area contributed by atoms with Gasteiger partial charge in [0.15, 0.2) is 23.0 Å². The minimum absolute atomic E-state index is 0.556. The fourth-order valence-corrected chi connectivity index (χ4v) is 3.60. The van der Waals surface area contributed by atoms with Crippen molar-refractivity contribution in [3.05, 3.63) is 66.1 Å². The molecule has 0 aliphatic carbocycles. The molecule has 0 unspecified atom stereocenters. The first-order chi connectivity index (χ1) is 15.7. The SMILES string of the molecule is CN(C)CCOc1cc(Cc2nc3cccc(-c4ccc5c(c4)OCCO5)n3n2)ccn1. The van der Waals surface area contributed by atoms with Gasteiger partial charge in [-0.05, 0) is 56.1 Å². The minimum atomic E-state index is 0.556. The summed E-state index contributed by atoms with van der Waals surface area (Å²) in [4.78, 5) is 11.1. The number of likely N-dealkylation sites (N-methyl/N-ethyl adjacent to an activating group) is 1. The van der Waals surface area contributed by atoms with Crippen LogP contribution in [0.25, 0.3) is 16.9 Å². The standard InChI is InChI=1S/C24H25N5O3/c1-28(2)10-11-32-24-15-17(8-9-25-24)14-22-26-23-5-3-4-19(29(23)27-22)18-6-7-20-21(16-18)31-13-12-30-20/h3-9,15-16H,10-14H2,1-2H3. The molecule has 0 saturated heterocycles. The van der Waals surface area contributed by atoms with Crippen molar-refractivity contribution in [2.75, 3.05) is 40.5 Å². The lowest BCUT2D eigenvalue weighted by Crippen LogP contribution is -2.19. The molecule has 0 spiro atoms. The van der Waals surface area contributed by atoms with Crippen molar-refractivity contribution in [2.45, 2.75) is 6.42 Å². The summed E-state index contributed by atoms with van der Waals surface area (Å²) in [7, 11) is 4.03. The normalized spacial score (nSPS) is 13.0. The molecule has 1 aliphatic heterocycles. The van der Waals surface area contributed by atoms with E-state index in [2.05, 4.69) is 9.88 Å². The summed E-state index contributed by atoms with van der Waals surface area (Å²) in [5.74, 6) is 2.88. The largest absolute Gasteiger partial charge is 0.486 e. The van der Waals surface area contributed by atoms with E-state index in [0.29, 0.717) is 32.1 Å². The van der Waals surface area contributed by atoms with E-state index in [4.69, 9.17) is 24.3 Å². The van der Waals surface area contributed by atoms with E-state index in [1.165, 1.54) is 0 Å². The van der Waals surface area contributed by atoms with Gasteiger partial charge in [0.1, 0.15) is 19.8 Å². The van der Waals surface area contributed by atoms with Crippen molar-refractivity contribution in [2.24, 2.45) is 0 Å². The number of hydrogen-bond donors (Lipinski definition) is 0. The maximum Gasteiger partial charge on any atom is 0.213 e. The van der Waals surface area contributed by atoms with E-state index in [1.807, 2.05) is 67.1 Å². The Morgan fingerprint density at radius 1 is 1.03 bits per heavy atom. The summed E-state index contributed by atoms with van der Waals surface area (Å²) in [6.45, 7) is 2.56. The highest BCUT2D eigenvalue weighted by Gasteiger charge is 2.15. The van der Waals surface area contributed by atoms with Crippen LogP contribution in [0.1, 0.15) is 11.4 Å². The summed E-state index contributed by atoms with van der Waals surface area (Å²) in [5.41, 5.74) is 3.79. The second-order valence-electron chi connectivity index (χ2n) is 7.90. The molecule has 0 radical (unpaired) electrons. The van der Waals surface area contributed by atoms with Crippen LogP contribution in [-0.2, 0) is 6.42 Å². The second kappa shape index (κ2) is 8.84. The zero-order chi connectivity index (χ0) is 21.9. The zero-order valence-electron chi connectivity index (χ0n) is 18.2. The van der Waals surface area contributed by atoms with Gasteiger partial charge in [-0.2, -0.15) is 5.10 Å². The van der Waals surface area contributed by atoms with Gasteiger partial charge < -0.3 is 19.1 Å². The Morgan fingerprint density at radius 3 is 2.78 bits per heavy atom. The summed E-state index contributed by atoms with van der Waals surface area (Å²) in [6, 6.07) is 15.8. The third-order valence-corrected chi connectivity index (χ3v) is 5.19. The number of aromatic nitrogens is 4. The fourth-order valence-electron chi connectivity index (χ4n) is 3.60. The van der Waals surface area contributed by atoms with Gasteiger partial charge in [-0.1, -0.05) is 6.07 Å². The lowest BCUT2D eigenvalue weighted by molar-refractivity contribution is 0.171. The maximum atomic E-state index is 5.76. The van der Waals surface area contributed by atoms with E-state index in [0.717, 1.165) is 46.3 Å². The summed E-state index contributed by atoms with van der Waals surface area (Å²) >= 11 is 0. The molecule has 4 heterocycles. The van der Waals surface area contributed by atoms with Crippen LogP contribution in [0.15, 0.2) is 54.7 Å². The quantitative estimate of drug-likeness (QED) is 0.445. The molecule has 8 heteroatoms. The Bertz CT molecular complexity index is 1240. The molecule has 0 saturated carbocycles. The molecule has 0 amide bonds. The molecule has 32 heavy (non-hydrogen) atoms. The van der Waals surface area contributed by atoms with Crippen molar-refractivity contribution >= 4 is 5.65 Å². The maximum absolute atomic E-state index is 5.76. The van der Waals surface area contributed by atoms with Gasteiger partial charge >= 0.3 is 0 Å². The summed E-state index contributed by atoms with van der Waals surface area (Å²) < 4.78 is 19.0. The lowest BCUT2D eigenvalue weighted by Gasteiger charge is -2.19. The van der Waals surface area contributed by atoms with Gasteiger partial charge in [0.05, 0.1) is 5.69 Å². The summed E-state index contributed by atoms with van der Waals surface area (Å²) in [6.07, 6.45) is 2.35. The van der Waals surface area contributed by atoms with Crippen LogP contribution in [0.2, 0.25) is 0 Å². The van der Waals surface area contributed by atoms with Crippen LogP contribution >= 0.6 is 0 Å². The lowest BCUT2D eigenvalue weighted by atomic mass is 10.1. The molecule has 1 aromatic carbocycles. The molecule has 3 aromatic heterocycles. The van der Waals surface area contributed by atoms with E-state index in [9.17, 15) is 0 Å². The molecule has 0 bridgehead atoms. The van der Waals surface area contributed by atoms with Crippen molar-refractivity contribution < 1.29 is 14.2 Å². The summed E-state index contributed by atoms with van der Waals surface area (Å²) in [5, 5.41) is 4.78. The van der Waals surface area contributed by atoms with Gasteiger partial charge in [0.2, 0.25) is 5.88 Å². The Labute approximate surface area is 186 Å². The number of fused-ring (bicyclic) bond motifs is 2. The van der Waals surface area contributed by atoms with Gasteiger partial charge in [0.25, 0.3) is 0 Å². The fraction of sp³-hybridized carbons (Fsp3) is 0.292. The molecule has 8 nitrogen and oxygen atoms in total. The molecule has 0 N–H and O–H groups in total. The average Bonchev–Trinajstić information content (AvgIpc) is 3.21. The van der Waals surface area contributed by atoms with Gasteiger partial charge in [-0.25, -0.2) is 14.5 Å². The predicted octanol–water partition coefficient (Wildman–Crippen LogP) is 3.09. The molecule has 164 valence electrons. The van der Waals surface area contributed by atoms with E-state index in [1.54, 1.807) is 6.20 Å². The van der Waals surface area contributed by atoms with Crippen LogP contribution in [0, 0.1) is 0 Å². The molecular weight excluding hydrogens is 406 g/mol. The van der Waals surface area contributed by atoms with Gasteiger partial charge in [-0.3, -0.25) is 0 Å². The number of nitrogens with zero attached hydrogens (tertiary/aromatic N) is 5. The van der Waals surface area contributed by atoms with Crippen molar-refractivity contribution in [3.63, 3.8) is 0 Å². The first kappa shape index (κ1) is 20.3. The first-order valence-electron chi connectivity index (χ1n) is 10.6. The number of pyridine rings is 2. The number of ether oxygens (including phenoxy) is 3. The molecular formula is C24H25N5O3. The van der Waals surface area contributed by atoms with Crippen LogP contribution in [0.3, 0.4) is 0 Å². The van der Waals surface area contributed by atoms with Gasteiger partial charge in [-0.15, -0.1) is 0 Å². The number of rotatable bonds is 7. The first-order valence-corrected chi connectivity index (χ1v) is 10.6. The van der Waals surface area contributed by atoms with Crippen LogP contribution in [0.5, 0.6) is 17.4 Å². The van der Waals surface area contributed by atoms with Crippen LogP contribution in [-0.4, -0.2) is 64.9 Å². The molecule has 4 aromatic rings. The van der Waals surface area contributed by atoms with Crippen molar-refractivity contribution in [3.8, 4) is 28.6 Å². The predicted molar refractivity (Wildman–Crippen MR) is 121 cm³/mol. The minimum Gasteiger partial charge on any atom is -0.486 e. The van der Waals surface area contributed by atoms with E-state index < -0.39 is 0 Å². The number of benzene rings is 1. The van der Waals surface area contributed by atoms with Crippen molar-refractivity contribution in [1.29, 1.82) is 0 Å². The Hall–Kier alpha value is -3.65. The van der Waals surface area contributed by atoms with Crippen LogP contribution in [0.4, 0.5) is 0 Å². The van der Waals surface area contributed by atoms with E-state index >= 15 is 0 Å². The Balaban J connectivity index is 1.39. The average molecular weight is 431 g/mol. The Morgan fingerprint density at radius 2 is 1.91 bits per heavy atom. The highest BCUT2D eigenvalue weighted by atomic mass is 16.6. The highest BCUT2D eigenvalue weighted by molar-refractivity contribution is 5.66.